The Hall–Kier alpha value is -1.71. The Balaban J connectivity index is 1.30. The third-order valence-corrected chi connectivity index (χ3v) is 7.01. The van der Waals surface area contributed by atoms with Crippen LogP contribution in [-0.2, 0) is 28.7 Å². The van der Waals surface area contributed by atoms with Crippen molar-refractivity contribution in [3.05, 3.63) is 38.7 Å². The number of aromatic nitrogens is 3. The van der Waals surface area contributed by atoms with Crippen LogP contribution < -0.4 is 4.74 Å². The van der Waals surface area contributed by atoms with Gasteiger partial charge in [0.15, 0.2) is 11.8 Å². The summed E-state index contributed by atoms with van der Waals surface area (Å²) < 4.78 is 17.1. The number of imidazole rings is 1. The predicted molar refractivity (Wildman–Crippen MR) is 110 cm³/mol. The van der Waals surface area contributed by atoms with Gasteiger partial charge in [0, 0.05) is 9.75 Å². The fraction of sp³-hybridized carbons (Fsp3) is 0.500. The second-order valence-corrected chi connectivity index (χ2v) is 9.03. The number of hydrogen-bond acceptors (Lipinski definition) is 7. The lowest BCUT2D eigenvalue weighted by atomic mass is 10.1. The average molecular weight is 436 g/mol. The Morgan fingerprint density at radius 2 is 2.03 bits per heavy atom. The largest absolute Gasteiger partial charge is 0.456 e. The maximum absolute atomic E-state index is 9.85. The summed E-state index contributed by atoms with van der Waals surface area (Å²) in [5.41, 5.74) is 2.12. The molecule has 2 aliphatic rings. The lowest BCUT2D eigenvalue weighted by molar-refractivity contribution is 0.00706. The SMILES string of the molecule is CCc1ccc(CCc2nc3nc(O[C@@H]4CO[C@H]5[C@@H]4OC[C@H]5O)[nH]c3cc2Cl)s1. The number of halogens is 1. The minimum absolute atomic E-state index is 0.264. The van der Waals surface area contributed by atoms with Gasteiger partial charge in [-0.25, -0.2) is 4.98 Å². The van der Waals surface area contributed by atoms with Gasteiger partial charge in [-0.05, 0) is 37.5 Å². The van der Waals surface area contributed by atoms with Crippen LogP contribution in [0.5, 0.6) is 6.01 Å². The number of aryl methyl sites for hydroxylation is 3. The molecule has 2 saturated heterocycles. The molecule has 3 aromatic heterocycles. The van der Waals surface area contributed by atoms with E-state index in [4.69, 9.17) is 25.8 Å². The van der Waals surface area contributed by atoms with Gasteiger partial charge < -0.3 is 24.3 Å². The Morgan fingerprint density at radius 1 is 1.21 bits per heavy atom. The summed E-state index contributed by atoms with van der Waals surface area (Å²) in [6.07, 6.45) is 1.16. The Labute approximate surface area is 177 Å². The van der Waals surface area contributed by atoms with Crippen LogP contribution in [0.3, 0.4) is 0 Å². The molecule has 4 atom stereocenters. The molecule has 0 aliphatic carbocycles. The highest BCUT2D eigenvalue weighted by molar-refractivity contribution is 7.11. The molecule has 2 aliphatic heterocycles. The number of aliphatic hydroxyl groups excluding tert-OH is 1. The van der Waals surface area contributed by atoms with Crippen LogP contribution in [0.1, 0.15) is 22.4 Å². The van der Waals surface area contributed by atoms with Gasteiger partial charge in [0.1, 0.15) is 18.3 Å². The maximum Gasteiger partial charge on any atom is 0.296 e. The molecule has 9 heteroatoms. The molecule has 0 radical (unpaired) electrons. The van der Waals surface area contributed by atoms with Crippen molar-refractivity contribution in [2.45, 2.75) is 50.6 Å². The van der Waals surface area contributed by atoms with Crippen LogP contribution >= 0.6 is 22.9 Å². The van der Waals surface area contributed by atoms with Crippen molar-refractivity contribution >= 4 is 34.1 Å². The predicted octanol–water partition coefficient (Wildman–Crippen LogP) is 2.93. The van der Waals surface area contributed by atoms with Crippen LogP contribution in [-0.4, -0.2) is 57.7 Å². The zero-order valence-electron chi connectivity index (χ0n) is 15.9. The fourth-order valence-electron chi connectivity index (χ4n) is 3.84. The summed E-state index contributed by atoms with van der Waals surface area (Å²) in [7, 11) is 0. The average Bonchev–Trinajstić information content (AvgIpc) is 3.47. The second-order valence-electron chi connectivity index (χ2n) is 7.37. The standard InChI is InChI=1S/C20H22ClN3O4S/c1-2-10-3-4-11(29-10)5-6-13-12(21)7-14-19(22-13)24-20(23-14)28-16-9-27-17-15(25)8-26-18(16)17/h3-4,7,15-18,25H,2,5-6,8-9H2,1H3,(H,22,23,24)/t15-,16-,17-,18-/m1/s1. The molecule has 154 valence electrons. The van der Waals surface area contributed by atoms with Crippen molar-refractivity contribution in [3.63, 3.8) is 0 Å². The third-order valence-electron chi connectivity index (χ3n) is 5.40. The zero-order chi connectivity index (χ0) is 20.0. The van der Waals surface area contributed by atoms with Crippen LogP contribution in [0.2, 0.25) is 5.02 Å². The first-order chi connectivity index (χ1) is 14.1. The van der Waals surface area contributed by atoms with Crippen LogP contribution in [0, 0.1) is 0 Å². The van der Waals surface area contributed by atoms with Crippen molar-refractivity contribution in [1.29, 1.82) is 0 Å². The van der Waals surface area contributed by atoms with Crippen molar-refractivity contribution in [3.8, 4) is 6.01 Å². The molecule has 29 heavy (non-hydrogen) atoms. The molecule has 0 bridgehead atoms. The summed E-state index contributed by atoms with van der Waals surface area (Å²) >= 11 is 8.29. The van der Waals surface area contributed by atoms with Crippen LogP contribution in [0.4, 0.5) is 0 Å². The molecule has 5 rings (SSSR count). The molecular weight excluding hydrogens is 414 g/mol. The smallest absolute Gasteiger partial charge is 0.296 e. The van der Waals surface area contributed by atoms with E-state index < -0.39 is 6.10 Å². The van der Waals surface area contributed by atoms with Crippen molar-refractivity contribution in [2.75, 3.05) is 13.2 Å². The normalized spacial score (nSPS) is 26.3. The molecule has 2 N–H and O–H groups in total. The number of aromatic amines is 1. The van der Waals surface area contributed by atoms with E-state index in [0.29, 0.717) is 23.3 Å². The summed E-state index contributed by atoms with van der Waals surface area (Å²) in [5, 5.41) is 10.5. The summed E-state index contributed by atoms with van der Waals surface area (Å²) in [5.74, 6) is 0. The number of nitrogens with one attached hydrogen (secondary N) is 1. The highest BCUT2D eigenvalue weighted by Crippen LogP contribution is 2.30. The fourth-order valence-corrected chi connectivity index (χ4v) is 5.04. The van der Waals surface area contributed by atoms with Gasteiger partial charge in [0.25, 0.3) is 6.01 Å². The number of ether oxygens (including phenoxy) is 3. The summed E-state index contributed by atoms with van der Waals surface area (Å²) in [6.45, 7) is 2.78. The number of H-pyrrole nitrogens is 1. The Morgan fingerprint density at radius 3 is 2.86 bits per heavy atom. The number of fused-ring (bicyclic) bond motifs is 2. The number of pyridine rings is 1. The van der Waals surface area contributed by atoms with Crippen molar-refractivity contribution in [1.82, 2.24) is 15.0 Å². The number of nitrogens with zero attached hydrogens (tertiary/aromatic N) is 2. The monoisotopic (exact) mass is 435 g/mol. The maximum atomic E-state index is 9.85. The Bertz CT molecular complexity index is 1020. The van der Waals surface area contributed by atoms with Gasteiger partial charge in [-0.15, -0.1) is 11.3 Å². The van der Waals surface area contributed by atoms with Gasteiger partial charge >= 0.3 is 0 Å². The molecule has 7 nitrogen and oxygen atoms in total. The molecular formula is C20H22ClN3O4S. The van der Waals surface area contributed by atoms with Gasteiger partial charge in [-0.1, -0.05) is 18.5 Å². The van der Waals surface area contributed by atoms with E-state index in [1.165, 1.54) is 9.75 Å². The second kappa shape index (κ2) is 7.85. The van der Waals surface area contributed by atoms with Gasteiger partial charge in [0.05, 0.1) is 29.4 Å². The van der Waals surface area contributed by atoms with E-state index in [9.17, 15) is 5.11 Å². The van der Waals surface area contributed by atoms with E-state index in [2.05, 4.69) is 34.0 Å². The first-order valence-electron chi connectivity index (χ1n) is 9.81. The third kappa shape index (κ3) is 3.75. The van der Waals surface area contributed by atoms with Crippen LogP contribution in [0.25, 0.3) is 11.2 Å². The van der Waals surface area contributed by atoms with Crippen molar-refractivity contribution in [2.24, 2.45) is 0 Å². The van der Waals surface area contributed by atoms with Crippen LogP contribution in [0.15, 0.2) is 18.2 Å². The van der Waals surface area contributed by atoms with Gasteiger partial charge in [-0.3, -0.25) is 0 Å². The highest BCUT2D eigenvalue weighted by Gasteiger charge is 2.48. The lowest BCUT2D eigenvalue weighted by Crippen LogP contribution is -2.34. The minimum Gasteiger partial charge on any atom is -0.456 e. The quantitative estimate of drug-likeness (QED) is 0.618. The molecule has 0 aromatic carbocycles. The number of thiophene rings is 1. The van der Waals surface area contributed by atoms with Gasteiger partial charge in [0.2, 0.25) is 0 Å². The first-order valence-corrected chi connectivity index (χ1v) is 11.0. The summed E-state index contributed by atoms with van der Waals surface area (Å²) in [4.78, 5) is 14.9. The zero-order valence-corrected chi connectivity index (χ0v) is 17.5. The molecule has 0 amide bonds. The van der Waals surface area contributed by atoms with Gasteiger partial charge in [-0.2, -0.15) is 4.98 Å². The van der Waals surface area contributed by atoms with E-state index >= 15 is 0 Å². The lowest BCUT2D eigenvalue weighted by Gasteiger charge is -2.15. The van der Waals surface area contributed by atoms with E-state index in [1.54, 1.807) is 0 Å². The molecule has 5 heterocycles. The topological polar surface area (TPSA) is 89.5 Å². The minimum atomic E-state index is -0.607. The number of aliphatic hydroxyl groups is 1. The molecule has 2 fully saturated rings. The highest BCUT2D eigenvalue weighted by atomic mass is 35.5. The van der Waals surface area contributed by atoms with E-state index in [1.807, 2.05) is 17.4 Å². The van der Waals surface area contributed by atoms with E-state index in [-0.39, 0.29) is 24.9 Å². The number of hydrogen-bond donors (Lipinski definition) is 2. The number of rotatable bonds is 6. The Kier molecular flexibility index (Phi) is 5.21. The molecule has 0 spiro atoms. The summed E-state index contributed by atoms with van der Waals surface area (Å²) in [6, 6.07) is 6.55. The first kappa shape index (κ1) is 19.3. The molecule has 0 unspecified atom stereocenters. The molecule has 3 aromatic rings. The van der Waals surface area contributed by atoms with E-state index in [0.717, 1.165) is 30.5 Å². The molecule has 0 saturated carbocycles. The van der Waals surface area contributed by atoms with Crippen molar-refractivity contribution < 1.29 is 19.3 Å².